The molecule has 18 heavy (non-hydrogen) atoms. The molecule has 0 spiro atoms. The highest BCUT2D eigenvalue weighted by atomic mass is 35.5. The molecule has 100 valence electrons. The van der Waals surface area contributed by atoms with E-state index in [-0.39, 0.29) is 5.28 Å². The van der Waals surface area contributed by atoms with Gasteiger partial charge in [-0.25, -0.2) is 9.97 Å². The molecule has 1 saturated heterocycles. The maximum atomic E-state index is 6.04. The Morgan fingerprint density at radius 2 is 2.11 bits per heavy atom. The molecule has 6 heteroatoms. The van der Waals surface area contributed by atoms with Gasteiger partial charge in [0.2, 0.25) is 5.28 Å². The molecule has 0 radical (unpaired) electrons. The second-order valence-corrected chi connectivity index (χ2v) is 5.54. The summed E-state index contributed by atoms with van der Waals surface area (Å²) in [6.45, 7) is 4.10. The molecule has 0 aliphatic carbocycles. The average molecular weight is 289 g/mol. The van der Waals surface area contributed by atoms with Gasteiger partial charge in [0.15, 0.2) is 0 Å². The topological polar surface area (TPSA) is 41.1 Å². The number of piperidine rings is 1. The van der Waals surface area contributed by atoms with Crippen LogP contribution in [0.1, 0.15) is 18.4 Å². The van der Waals surface area contributed by atoms with Crippen molar-refractivity contribution in [3.63, 3.8) is 0 Å². The zero-order valence-corrected chi connectivity index (χ0v) is 12.0. The van der Waals surface area contributed by atoms with Gasteiger partial charge in [-0.05, 0) is 50.5 Å². The maximum absolute atomic E-state index is 6.04. The lowest BCUT2D eigenvalue weighted by atomic mass is 9.97. The van der Waals surface area contributed by atoms with Crippen molar-refractivity contribution in [3.05, 3.63) is 22.2 Å². The molecule has 4 nitrogen and oxygen atoms in total. The Morgan fingerprint density at radius 1 is 1.39 bits per heavy atom. The molecule has 1 fully saturated rings. The normalized spacial score (nSPS) is 17.3. The SMILES string of the molecule is CN(Cc1cnc(Cl)nc1Cl)CC1CCNCC1. The van der Waals surface area contributed by atoms with Crippen LogP contribution < -0.4 is 5.32 Å². The van der Waals surface area contributed by atoms with E-state index in [0.29, 0.717) is 5.15 Å². The van der Waals surface area contributed by atoms with Crippen molar-refractivity contribution in [3.8, 4) is 0 Å². The van der Waals surface area contributed by atoms with Crippen molar-refractivity contribution in [2.75, 3.05) is 26.7 Å². The number of rotatable bonds is 4. The van der Waals surface area contributed by atoms with Crippen LogP contribution in [0.25, 0.3) is 0 Å². The smallest absolute Gasteiger partial charge is 0.223 e. The van der Waals surface area contributed by atoms with Crippen LogP contribution in [-0.4, -0.2) is 41.5 Å². The van der Waals surface area contributed by atoms with Gasteiger partial charge in [-0.1, -0.05) is 11.6 Å². The second-order valence-electron chi connectivity index (χ2n) is 4.85. The number of nitrogens with one attached hydrogen (secondary N) is 1. The summed E-state index contributed by atoms with van der Waals surface area (Å²) in [5, 5.41) is 4.03. The molecular formula is C12H18Cl2N4. The highest BCUT2D eigenvalue weighted by Crippen LogP contribution is 2.18. The number of nitrogens with zero attached hydrogens (tertiary/aromatic N) is 3. The van der Waals surface area contributed by atoms with Gasteiger partial charge in [0.25, 0.3) is 0 Å². The van der Waals surface area contributed by atoms with Gasteiger partial charge in [-0.2, -0.15) is 0 Å². The Bertz CT molecular complexity index is 394. The van der Waals surface area contributed by atoms with Crippen molar-refractivity contribution in [1.82, 2.24) is 20.2 Å². The number of aromatic nitrogens is 2. The fourth-order valence-corrected chi connectivity index (χ4v) is 2.70. The van der Waals surface area contributed by atoms with Gasteiger partial charge in [0.05, 0.1) is 0 Å². The quantitative estimate of drug-likeness (QED) is 0.681. The highest BCUT2D eigenvalue weighted by Gasteiger charge is 2.16. The first-order chi connectivity index (χ1) is 8.65. The van der Waals surface area contributed by atoms with Gasteiger partial charge in [-0.3, -0.25) is 0 Å². The fourth-order valence-electron chi connectivity index (χ4n) is 2.33. The van der Waals surface area contributed by atoms with E-state index in [0.717, 1.165) is 37.7 Å². The van der Waals surface area contributed by atoms with E-state index in [9.17, 15) is 0 Å². The molecule has 0 aromatic carbocycles. The van der Waals surface area contributed by atoms with Crippen LogP contribution in [0.15, 0.2) is 6.20 Å². The maximum Gasteiger partial charge on any atom is 0.223 e. The third kappa shape index (κ3) is 4.05. The molecule has 0 saturated carbocycles. The number of hydrogen-bond donors (Lipinski definition) is 1. The molecular weight excluding hydrogens is 271 g/mol. The predicted octanol–water partition coefficient (Wildman–Crippen LogP) is 2.21. The largest absolute Gasteiger partial charge is 0.317 e. The van der Waals surface area contributed by atoms with E-state index in [1.807, 2.05) is 0 Å². The van der Waals surface area contributed by atoms with E-state index < -0.39 is 0 Å². The lowest BCUT2D eigenvalue weighted by Gasteiger charge is -2.27. The summed E-state index contributed by atoms with van der Waals surface area (Å²) in [6.07, 6.45) is 4.20. The minimum Gasteiger partial charge on any atom is -0.317 e. The van der Waals surface area contributed by atoms with Crippen LogP contribution in [0.3, 0.4) is 0 Å². The lowest BCUT2D eigenvalue weighted by Crippen LogP contribution is -2.34. The van der Waals surface area contributed by atoms with Gasteiger partial charge in [0.1, 0.15) is 5.15 Å². The standard InChI is InChI=1S/C12H18Cl2N4/c1-18(7-9-2-4-15-5-3-9)8-10-6-16-12(14)17-11(10)13/h6,9,15H,2-5,7-8H2,1H3. The summed E-state index contributed by atoms with van der Waals surface area (Å²) in [4.78, 5) is 10.2. The predicted molar refractivity (Wildman–Crippen MR) is 74.0 cm³/mol. The average Bonchev–Trinajstić information content (AvgIpc) is 2.34. The molecule has 0 atom stereocenters. The molecule has 0 bridgehead atoms. The van der Waals surface area contributed by atoms with Crippen LogP contribution in [0.4, 0.5) is 0 Å². The summed E-state index contributed by atoms with van der Waals surface area (Å²) < 4.78 is 0. The van der Waals surface area contributed by atoms with Crippen molar-refractivity contribution in [2.24, 2.45) is 5.92 Å². The van der Waals surface area contributed by atoms with E-state index in [1.165, 1.54) is 12.8 Å². The Labute approximate surface area is 118 Å². The molecule has 1 aromatic heterocycles. The summed E-state index contributed by atoms with van der Waals surface area (Å²) >= 11 is 11.7. The Kier molecular flexibility index (Phi) is 5.18. The van der Waals surface area contributed by atoms with Gasteiger partial charge < -0.3 is 10.2 Å². The molecule has 1 aliphatic rings. The zero-order chi connectivity index (χ0) is 13.0. The first-order valence-corrected chi connectivity index (χ1v) is 6.97. The number of hydrogen-bond acceptors (Lipinski definition) is 4. The second kappa shape index (κ2) is 6.66. The molecule has 0 unspecified atom stereocenters. The van der Waals surface area contributed by atoms with Crippen molar-refractivity contribution >= 4 is 23.2 Å². The van der Waals surface area contributed by atoms with Crippen LogP contribution in [0, 0.1) is 5.92 Å². The molecule has 1 N–H and O–H groups in total. The van der Waals surface area contributed by atoms with E-state index in [4.69, 9.17) is 23.2 Å². The first kappa shape index (κ1) is 14.0. The summed E-state index contributed by atoms with van der Waals surface area (Å²) in [7, 11) is 2.10. The van der Waals surface area contributed by atoms with Crippen LogP contribution in [-0.2, 0) is 6.54 Å². The molecule has 2 rings (SSSR count). The van der Waals surface area contributed by atoms with Crippen LogP contribution in [0.5, 0.6) is 0 Å². The van der Waals surface area contributed by atoms with Crippen molar-refractivity contribution in [2.45, 2.75) is 19.4 Å². The van der Waals surface area contributed by atoms with Gasteiger partial charge in [-0.15, -0.1) is 0 Å². The Balaban J connectivity index is 1.87. The molecule has 1 aliphatic heterocycles. The number of halogens is 2. The minimum atomic E-state index is 0.199. The Hall–Kier alpha value is -0.420. The third-order valence-corrected chi connectivity index (χ3v) is 3.76. The highest BCUT2D eigenvalue weighted by molar-refractivity contribution is 6.32. The van der Waals surface area contributed by atoms with E-state index in [1.54, 1.807) is 6.20 Å². The molecule has 2 heterocycles. The first-order valence-electron chi connectivity index (χ1n) is 6.21. The molecule has 0 amide bonds. The fraction of sp³-hybridized carbons (Fsp3) is 0.667. The van der Waals surface area contributed by atoms with Crippen molar-refractivity contribution < 1.29 is 0 Å². The monoisotopic (exact) mass is 288 g/mol. The zero-order valence-electron chi connectivity index (χ0n) is 10.5. The van der Waals surface area contributed by atoms with Gasteiger partial charge in [0, 0.05) is 24.8 Å². The Morgan fingerprint density at radius 3 is 2.78 bits per heavy atom. The third-order valence-electron chi connectivity index (χ3n) is 3.25. The van der Waals surface area contributed by atoms with Crippen molar-refractivity contribution in [1.29, 1.82) is 0 Å². The van der Waals surface area contributed by atoms with Gasteiger partial charge >= 0.3 is 0 Å². The van der Waals surface area contributed by atoms with E-state index in [2.05, 4.69) is 27.2 Å². The van der Waals surface area contributed by atoms with E-state index >= 15 is 0 Å². The minimum absolute atomic E-state index is 0.199. The summed E-state index contributed by atoms with van der Waals surface area (Å²) in [5.41, 5.74) is 0.928. The summed E-state index contributed by atoms with van der Waals surface area (Å²) in [5.74, 6) is 0.767. The van der Waals surface area contributed by atoms with Crippen LogP contribution in [0.2, 0.25) is 10.4 Å². The molecule has 1 aromatic rings. The lowest BCUT2D eigenvalue weighted by molar-refractivity contribution is 0.234. The van der Waals surface area contributed by atoms with Crippen LogP contribution >= 0.6 is 23.2 Å². The summed E-state index contributed by atoms with van der Waals surface area (Å²) in [6, 6.07) is 0.